The van der Waals surface area contributed by atoms with Crippen LogP contribution in [-0.2, 0) is 0 Å². The number of nitrogens with one attached hydrogen (secondary N) is 2. The topological polar surface area (TPSA) is 83.6 Å². The number of hydrogen-bond acceptors (Lipinski definition) is 5. The second-order valence-corrected chi connectivity index (χ2v) is 9.22. The van der Waals surface area contributed by atoms with Crippen LogP contribution in [0, 0.1) is 6.92 Å². The van der Waals surface area contributed by atoms with Gasteiger partial charge in [0.15, 0.2) is 0 Å². The van der Waals surface area contributed by atoms with E-state index in [1.807, 2.05) is 37.3 Å². The van der Waals surface area contributed by atoms with Crippen LogP contribution in [0.3, 0.4) is 0 Å². The molecular formula is C25H30N4O3. The van der Waals surface area contributed by atoms with Crippen LogP contribution in [0.1, 0.15) is 64.8 Å². The largest absolute Gasteiger partial charge is 0.496 e. The Kier molecular flexibility index (Phi) is 5.49. The Morgan fingerprint density at radius 3 is 2.31 bits per heavy atom. The molecule has 2 amide bonds. The van der Waals surface area contributed by atoms with Gasteiger partial charge in [0.2, 0.25) is 0 Å². The molecule has 5 rings (SSSR count). The Balaban J connectivity index is 1.24. The van der Waals surface area contributed by atoms with E-state index in [-0.39, 0.29) is 17.9 Å². The van der Waals surface area contributed by atoms with Gasteiger partial charge >= 0.3 is 0 Å². The number of pyridine rings is 1. The first-order chi connectivity index (χ1) is 15.5. The number of methoxy groups -OCH3 is 1. The lowest BCUT2D eigenvalue weighted by molar-refractivity contribution is 0.0923. The first-order valence-electron chi connectivity index (χ1n) is 11.5. The molecule has 3 aliphatic rings. The van der Waals surface area contributed by atoms with E-state index in [1.165, 1.54) is 0 Å². The third-order valence-electron chi connectivity index (χ3n) is 7.00. The highest BCUT2D eigenvalue weighted by Crippen LogP contribution is 2.38. The van der Waals surface area contributed by atoms with Crippen LogP contribution in [0.2, 0.25) is 0 Å². The standard InChI is InChI=1S/C25H30N4O3/c1-15-21(4-3-5-22(15)32-2)25(31)28-18-12-19-9-10-20(13-18)29(19)23-11-6-16(14-26-23)24(30)27-17-7-8-17/h3-6,11,14,17-20H,7-10,12-13H2,1-2H3,(H,27,30)(H,28,31). The van der Waals surface area contributed by atoms with Gasteiger partial charge in [-0.3, -0.25) is 9.59 Å². The number of hydrogen-bond donors (Lipinski definition) is 2. The quantitative estimate of drug-likeness (QED) is 0.729. The predicted molar refractivity (Wildman–Crippen MR) is 122 cm³/mol. The normalized spacial score (nSPS) is 24.2. The predicted octanol–water partition coefficient (Wildman–Crippen LogP) is 3.22. The molecule has 2 aliphatic heterocycles. The highest BCUT2D eigenvalue weighted by atomic mass is 16.5. The van der Waals surface area contributed by atoms with Crippen molar-refractivity contribution in [3.05, 3.63) is 53.2 Å². The van der Waals surface area contributed by atoms with E-state index >= 15 is 0 Å². The van der Waals surface area contributed by atoms with Gasteiger partial charge in [0.05, 0.1) is 12.7 Å². The first kappa shape index (κ1) is 20.8. The van der Waals surface area contributed by atoms with Crippen molar-refractivity contribution in [3.8, 4) is 5.75 Å². The third kappa shape index (κ3) is 4.04. The molecule has 3 fully saturated rings. The highest BCUT2D eigenvalue weighted by molar-refractivity contribution is 5.96. The van der Waals surface area contributed by atoms with Crippen LogP contribution in [0.5, 0.6) is 5.75 Å². The summed E-state index contributed by atoms with van der Waals surface area (Å²) < 4.78 is 5.36. The summed E-state index contributed by atoms with van der Waals surface area (Å²) in [5.74, 6) is 1.58. The first-order valence-corrected chi connectivity index (χ1v) is 11.5. The summed E-state index contributed by atoms with van der Waals surface area (Å²) in [7, 11) is 1.62. The molecule has 2 N–H and O–H groups in total. The third-order valence-corrected chi connectivity index (χ3v) is 7.00. The number of nitrogens with zero attached hydrogens (tertiary/aromatic N) is 2. The molecule has 2 aromatic rings. The molecule has 2 saturated heterocycles. The van der Waals surface area contributed by atoms with Crippen molar-refractivity contribution in [1.82, 2.24) is 15.6 Å². The number of amides is 2. The van der Waals surface area contributed by atoms with Crippen LogP contribution in [0.15, 0.2) is 36.5 Å². The zero-order valence-electron chi connectivity index (χ0n) is 18.6. The summed E-state index contributed by atoms with van der Waals surface area (Å²) >= 11 is 0. The minimum absolute atomic E-state index is 0.0382. The molecule has 0 spiro atoms. The number of carbonyl (C=O) groups is 2. The maximum Gasteiger partial charge on any atom is 0.253 e. The molecule has 7 nitrogen and oxygen atoms in total. The summed E-state index contributed by atoms with van der Waals surface area (Å²) in [5.41, 5.74) is 2.15. The second kappa shape index (κ2) is 8.45. The molecule has 168 valence electrons. The summed E-state index contributed by atoms with van der Waals surface area (Å²) in [6, 6.07) is 10.6. The molecule has 0 radical (unpaired) electrons. The Labute approximate surface area is 188 Å². The summed E-state index contributed by atoms with van der Waals surface area (Å²) in [5, 5.41) is 6.26. The van der Waals surface area contributed by atoms with Crippen LogP contribution in [0.4, 0.5) is 5.82 Å². The lowest BCUT2D eigenvalue weighted by Gasteiger charge is -2.40. The number of rotatable bonds is 6. The molecule has 1 aliphatic carbocycles. The van der Waals surface area contributed by atoms with Crippen molar-refractivity contribution in [3.63, 3.8) is 0 Å². The van der Waals surface area contributed by atoms with E-state index in [0.717, 1.165) is 55.7 Å². The number of ether oxygens (including phenoxy) is 1. The van der Waals surface area contributed by atoms with Gasteiger partial charge in [0.25, 0.3) is 11.8 Å². The molecule has 2 atom stereocenters. The molecule has 1 aromatic heterocycles. The van der Waals surface area contributed by atoms with E-state index in [9.17, 15) is 9.59 Å². The maximum atomic E-state index is 12.9. The average Bonchev–Trinajstić information content (AvgIpc) is 3.57. The molecule has 7 heteroatoms. The smallest absolute Gasteiger partial charge is 0.253 e. The Hall–Kier alpha value is -3.09. The second-order valence-electron chi connectivity index (χ2n) is 9.22. The summed E-state index contributed by atoms with van der Waals surface area (Å²) in [4.78, 5) is 32.2. The molecule has 2 bridgehead atoms. The van der Waals surface area contributed by atoms with Gasteiger partial charge in [-0.05, 0) is 69.7 Å². The molecule has 1 saturated carbocycles. The Morgan fingerprint density at radius 2 is 1.69 bits per heavy atom. The van der Waals surface area contributed by atoms with Gasteiger partial charge < -0.3 is 20.3 Å². The number of piperidine rings is 1. The van der Waals surface area contributed by atoms with Crippen LogP contribution < -0.4 is 20.3 Å². The maximum absolute atomic E-state index is 12.9. The fraction of sp³-hybridized carbons (Fsp3) is 0.480. The molecule has 1 aromatic carbocycles. The van der Waals surface area contributed by atoms with Gasteiger partial charge in [-0.1, -0.05) is 6.07 Å². The van der Waals surface area contributed by atoms with Crippen LogP contribution >= 0.6 is 0 Å². The van der Waals surface area contributed by atoms with E-state index in [0.29, 0.717) is 29.3 Å². The number of benzene rings is 1. The molecule has 3 heterocycles. The van der Waals surface area contributed by atoms with Crippen LogP contribution in [-0.4, -0.2) is 48.1 Å². The minimum atomic E-state index is -0.0385. The average molecular weight is 435 g/mol. The lowest BCUT2D eigenvalue weighted by Crippen LogP contribution is -2.50. The van der Waals surface area contributed by atoms with Gasteiger partial charge in [0.1, 0.15) is 11.6 Å². The van der Waals surface area contributed by atoms with Gasteiger partial charge in [-0.2, -0.15) is 0 Å². The number of fused-ring (bicyclic) bond motifs is 2. The highest BCUT2D eigenvalue weighted by Gasteiger charge is 2.42. The summed E-state index contributed by atoms with van der Waals surface area (Å²) in [6.45, 7) is 1.92. The number of anilines is 1. The Bertz CT molecular complexity index is 1000. The van der Waals surface area contributed by atoms with E-state index < -0.39 is 0 Å². The number of carbonyl (C=O) groups excluding carboxylic acids is 2. The van der Waals surface area contributed by atoms with Crippen molar-refractivity contribution in [1.29, 1.82) is 0 Å². The zero-order valence-corrected chi connectivity index (χ0v) is 18.6. The molecular weight excluding hydrogens is 404 g/mol. The van der Waals surface area contributed by atoms with Crippen LogP contribution in [0.25, 0.3) is 0 Å². The zero-order chi connectivity index (χ0) is 22.2. The van der Waals surface area contributed by atoms with E-state index in [2.05, 4.69) is 20.5 Å². The minimum Gasteiger partial charge on any atom is -0.496 e. The van der Waals surface area contributed by atoms with Crippen molar-refractivity contribution in [2.75, 3.05) is 12.0 Å². The van der Waals surface area contributed by atoms with E-state index in [4.69, 9.17) is 4.74 Å². The lowest BCUT2D eigenvalue weighted by atomic mass is 9.96. The van der Waals surface area contributed by atoms with E-state index in [1.54, 1.807) is 13.3 Å². The van der Waals surface area contributed by atoms with Crippen molar-refractivity contribution in [2.45, 2.75) is 69.6 Å². The van der Waals surface area contributed by atoms with Crippen molar-refractivity contribution < 1.29 is 14.3 Å². The van der Waals surface area contributed by atoms with Crippen molar-refractivity contribution >= 4 is 17.6 Å². The SMILES string of the molecule is COc1cccc(C(=O)NC2CC3CCC(C2)N3c2ccc(C(=O)NC3CC3)cn2)c1C. The number of aromatic nitrogens is 1. The Morgan fingerprint density at radius 1 is 0.969 bits per heavy atom. The van der Waals surface area contributed by atoms with Gasteiger partial charge in [0, 0.05) is 41.5 Å². The van der Waals surface area contributed by atoms with Gasteiger partial charge in [-0.15, -0.1) is 0 Å². The fourth-order valence-corrected chi connectivity index (χ4v) is 5.18. The monoisotopic (exact) mass is 434 g/mol. The summed E-state index contributed by atoms with van der Waals surface area (Å²) in [6.07, 6.45) is 7.83. The van der Waals surface area contributed by atoms with Crippen molar-refractivity contribution in [2.24, 2.45) is 0 Å². The molecule has 2 unspecified atom stereocenters. The van der Waals surface area contributed by atoms with Gasteiger partial charge in [-0.25, -0.2) is 4.98 Å². The fourth-order valence-electron chi connectivity index (χ4n) is 5.18. The molecule has 32 heavy (non-hydrogen) atoms.